The Hall–Kier alpha value is -2.59. The molecule has 4 rings (SSSR count). The first-order valence-electron chi connectivity index (χ1n) is 8.14. The summed E-state index contributed by atoms with van der Waals surface area (Å²) in [5, 5.41) is 1.11. The molecule has 0 aromatic carbocycles. The number of aromatic amines is 1. The molecule has 4 heteroatoms. The maximum absolute atomic E-state index is 5.22. The van der Waals surface area contributed by atoms with Crippen molar-refractivity contribution in [1.29, 1.82) is 0 Å². The molecule has 0 amide bonds. The molecular weight excluding hydrogens is 298 g/mol. The van der Waals surface area contributed by atoms with E-state index in [1.54, 1.807) is 12.5 Å². The Bertz CT molecular complexity index is 931. The molecule has 0 saturated carbocycles. The van der Waals surface area contributed by atoms with Crippen LogP contribution >= 0.6 is 0 Å². The number of aromatic nitrogens is 2. The third kappa shape index (κ3) is 2.39. The molecule has 1 aliphatic carbocycles. The highest BCUT2D eigenvalue weighted by Crippen LogP contribution is 2.33. The summed E-state index contributed by atoms with van der Waals surface area (Å²) < 4.78 is 5.22. The van der Waals surface area contributed by atoms with Crippen molar-refractivity contribution in [2.45, 2.75) is 18.9 Å². The molecule has 4 nitrogen and oxygen atoms in total. The highest BCUT2D eigenvalue weighted by molar-refractivity contribution is 5.95. The normalized spacial score (nSPS) is 20.8. The Balaban J connectivity index is 1.73. The van der Waals surface area contributed by atoms with Gasteiger partial charge in [0.1, 0.15) is 5.65 Å². The third-order valence-electron chi connectivity index (χ3n) is 5.08. The summed E-state index contributed by atoms with van der Waals surface area (Å²) in [6.07, 6.45) is 15.2. The number of likely N-dealkylation sites (N-methyl/N-ethyl adjacent to an activating group) is 1. The van der Waals surface area contributed by atoms with Crippen LogP contribution in [0.15, 0.2) is 59.7 Å². The van der Waals surface area contributed by atoms with Crippen molar-refractivity contribution in [3.8, 4) is 11.1 Å². The summed E-state index contributed by atoms with van der Waals surface area (Å²) in [7, 11) is 4.24. The minimum absolute atomic E-state index is 0.0804. The van der Waals surface area contributed by atoms with Crippen LogP contribution in [0.5, 0.6) is 0 Å². The molecule has 0 saturated heterocycles. The van der Waals surface area contributed by atoms with Gasteiger partial charge in [-0.05, 0) is 45.1 Å². The van der Waals surface area contributed by atoms with Crippen molar-refractivity contribution in [1.82, 2.24) is 14.9 Å². The lowest BCUT2D eigenvalue weighted by Crippen LogP contribution is -2.39. The summed E-state index contributed by atoms with van der Waals surface area (Å²) >= 11 is 0. The topological polar surface area (TPSA) is 45.1 Å². The Labute approximate surface area is 141 Å². The first kappa shape index (κ1) is 15.0. The maximum Gasteiger partial charge on any atom is 0.137 e. The number of hydrogen-bond acceptors (Lipinski definition) is 3. The average molecular weight is 319 g/mol. The molecule has 3 aromatic rings. The predicted molar refractivity (Wildman–Crippen MR) is 97.6 cm³/mol. The molecule has 0 bridgehead atoms. The van der Waals surface area contributed by atoms with Gasteiger partial charge in [-0.15, -0.1) is 0 Å². The van der Waals surface area contributed by atoms with Gasteiger partial charge in [-0.25, -0.2) is 4.98 Å². The summed E-state index contributed by atoms with van der Waals surface area (Å²) in [5.74, 6) is 0. The molecule has 1 atom stereocenters. The summed E-state index contributed by atoms with van der Waals surface area (Å²) in [5.41, 5.74) is 5.53. The van der Waals surface area contributed by atoms with E-state index >= 15 is 0 Å². The zero-order valence-corrected chi connectivity index (χ0v) is 14.2. The van der Waals surface area contributed by atoms with Crippen LogP contribution in [-0.4, -0.2) is 34.5 Å². The van der Waals surface area contributed by atoms with Gasteiger partial charge in [0.2, 0.25) is 0 Å². The fraction of sp³-hybridized carbons (Fsp3) is 0.250. The molecule has 0 aliphatic heterocycles. The monoisotopic (exact) mass is 319 g/mol. The molecule has 1 N–H and O–H groups in total. The fourth-order valence-electron chi connectivity index (χ4n) is 3.09. The number of H-pyrrole nitrogens is 1. The molecule has 3 heterocycles. The molecule has 3 aromatic heterocycles. The van der Waals surface area contributed by atoms with Crippen LogP contribution in [0.3, 0.4) is 0 Å². The van der Waals surface area contributed by atoms with Gasteiger partial charge in [-0.3, -0.25) is 0 Å². The smallest absolute Gasteiger partial charge is 0.137 e. The fourth-order valence-corrected chi connectivity index (χ4v) is 3.09. The minimum Gasteiger partial charge on any atom is -0.472 e. The second-order valence-corrected chi connectivity index (χ2v) is 6.78. The number of hydrogen-bond donors (Lipinski definition) is 1. The van der Waals surface area contributed by atoms with Crippen LogP contribution in [0.4, 0.5) is 0 Å². The van der Waals surface area contributed by atoms with E-state index in [0.29, 0.717) is 0 Å². The Kier molecular flexibility index (Phi) is 3.43. The molecule has 0 spiro atoms. The molecule has 24 heavy (non-hydrogen) atoms. The van der Waals surface area contributed by atoms with Gasteiger partial charge < -0.3 is 14.3 Å². The van der Waals surface area contributed by atoms with Gasteiger partial charge in [-0.2, -0.15) is 0 Å². The molecule has 122 valence electrons. The van der Waals surface area contributed by atoms with Crippen molar-refractivity contribution in [3.05, 3.63) is 60.8 Å². The highest BCUT2D eigenvalue weighted by atomic mass is 16.3. The zero-order chi connectivity index (χ0) is 16.7. The molecule has 0 radical (unpaired) electrons. The number of fused-ring (bicyclic) bond motifs is 1. The molecule has 1 unspecified atom stereocenters. The summed E-state index contributed by atoms with van der Waals surface area (Å²) in [6.45, 7) is 2.25. The Morgan fingerprint density at radius 1 is 1.29 bits per heavy atom. The Morgan fingerprint density at radius 3 is 2.83 bits per heavy atom. The largest absolute Gasteiger partial charge is 0.472 e. The van der Waals surface area contributed by atoms with Crippen LogP contribution in [0, 0.1) is 0 Å². The van der Waals surface area contributed by atoms with Gasteiger partial charge in [0.15, 0.2) is 0 Å². The van der Waals surface area contributed by atoms with Crippen molar-refractivity contribution < 1.29 is 4.42 Å². The van der Waals surface area contributed by atoms with Gasteiger partial charge in [0.05, 0.1) is 12.5 Å². The maximum atomic E-state index is 5.22. The van der Waals surface area contributed by atoms with Crippen molar-refractivity contribution in [2.24, 2.45) is 0 Å². The molecular formula is C20H21N3O. The summed E-state index contributed by atoms with van der Waals surface area (Å²) in [6, 6.07) is 4.17. The van der Waals surface area contributed by atoms with E-state index in [9.17, 15) is 0 Å². The number of allylic oxidation sites excluding steroid dienone is 2. The van der Waals surface area contributed by atoms with E-state index in [2.05, 4.69) is 60.2 Å². The van der Waals surface area contributed by atoms with E-state index in [-0.39, 0.29) is 5.54 Å². The number of pyridine rings is 1. The van der Waals surface area contributed by atoms with Crippen LogP contribution in [0.2, 0.25) is 0 Å². The number of rotatable bonds is 3. The third-order valence-corrected chi connectivity index (χ3v) is 5.08. The van der Waals surface area contributed by atoms with E-state index in [4.69, 9.17) is 4.42 Å². The van der Waals surface area contributed by atoms with Crippen LogP contribution < -0.4 is 0 Å². The van der Waals surface area contributed by atoms with E-state index < -0.39 is 0 Å². The second kappa shape index (κ2) is 5.49. The van der Waals surface area contributed by atoms with Crippen molar-refractivity contribution in [2.75, 3.05) is 14.1 Å². The van der Waals surface area contributed by atoms with Crippen molar-refractivity contribution in [3.63, 3.8) is 0 Å². The van der Waals surface area contributed by atoms with Gasteiger partial charge >= 0.3 is 0 Å². The average Bonchev–Trinajstić information content (AvgIpc) is 3.24. The Morgan fingerprint density at radius 2 is 2.17 bits per heavy atom. The SMILES string of the molecule is CN(C)C1(C)C=CC(c2cnc3[nH]cc(-c4ccoc4)c3c2)=CC1. The zero-order valence-electron chi connectivity index (χ0n) is 14.2. The lowest BCUT2D eigenvalue weighted by Gasteiger charge is -2.35. The van der Waals surface area contributed by atoms with E-state index in [1.165, 1.54) is 5.57 Å². The highest BCUT2D eigenvalue weighted by Gasteiger charge is 2.25. The van der Waals surface area contributed by atoms with Gasteiger partial charge in [-0.1, -0.05) is 18.2 Å². The first-order valence-corrected chi connectivity index (χ1v) is 8.14. The van der Waals surface area contributed by atoms with E-state index in [0.717, 1.165) is 34.1 Å². The first-order chi connectivity index (χ1) is 11.6. The lowest BCUT2D eigenvalue weighted by atomic mass is 9.87. The standard InChI is InChI=1S/C20H21N3O/c1-20(23(2)3)7-4-14(5-8-20)16-10-17-18(15-6-9-24-13-15)12-22-19(17)21-11-16/h4-7,9-13H,8H2,1-3H3,(H,21,22). The number of nitrogens with zero attached hydrogens (tertiary/aromatic N) is 2. The molecule has 1 aliphatic rings. The van der Waals surface area contributed by atoms with Crippen molar-refractivity contribution >= 4 is 16.6 Å². The number of furan rings is 1. The second-order valence-electron chi connectivity index (χ2n) is 6.78. The minimum atomic E-state index is 0.0804. The van der Waals surface area contributed by atoms with Gasteiger partial charge in [0, 0.05) is 40.0 Å². The lowest BCUT2D eigenvalue weighted by molar-refractivity contribution is 0.231. The summed E-state index contributed by atoms with van der Waals surface area (Å²) in [4.78, 5) is 10.1. The van der Waals surface area contributed by atoms with Crippen LogP contribution in [0.25, 0.3) is 27.7 Å². The molecule has 0 fully saturated rings. The quantitative estimate of drug-likeness (QED) is 0.774. The number of nitrogens with one attached hydrogen (secondary N) is 1. The predicted octanol–water partition coefficient (Wildman–Crippen LogP) is 4.49. The van der Waals surface area contributed by atoms with Gasteiger partial charge in [0.25, 0.3) is 0 Å². The van der Waals surface area contributed by atoms with E-state index in [1.807, 2.05) is 18.5 Å². The van der Waals surface area contributed by atoms with Crippen LogP contribution in [0.1, 0.15) is 18.9 Å². The van der Waals surface area contributed by atoms with Crippen LogP contribution in [-0.2, 0) is 0 Å².